The Morgan fingerprint density at radius 3 is 2.67 bits per heavy atom. The number of amides is 4. The van der Waals surface area contributed by atoms with Crippen LogP contribution in [0.4, 0.5) is 11.4 Å². The lowest BCUT2D eigenvalue weighted by Gasteiger charge is -2.29. The maximum Gasteiger partial charge on any atom is 0.250 e. The highest BCUT2D eigenvalue weighted by molar-refractivity contribution is 6.32. The second-order valence-electron chi connectivity index (χ2n) is 8.40. The van der Waals surface area contributed by atoms with E-state index in [2.05, 4.69) is 10.6 Å². The van der Waals surface area contributed by atoms with Crippen LogP contribution in [0.5, 0.6) is 5.75 Å². The fraction of sp³-hybridized carbons (Fsp3) is 0.304. The summed E-state index contributed by atoms with van der Waals surface area (Å²) in [5, 5.41) is 6.41. The summed E-state index contributed by atoms with van der Waals surface area (Å²) in [4.78, 5) is 53.5. The zero-order valence-electron chi connectivity index (χ0n) is 17.6. The standard InChI is InChI=1S/C23H21ClN4O5/c1-33-16-8-6-11(24)10-15(16)28-20(30)18-14(7-9-17(25)29)27-23(19(18)21(28)31)12-4-2-3-5-13(12)26-22(23)32/h2-6,8,10,14,18-19,27H,7,9H2,1H3,(H2,25,29)(H,26,32)/t14-,18+,19-,23+/m0/s1. The van der Waals surface area contributed by atoms with E-state index in [0.717, 1.165) is 4.90 Å². The van der Waals surface area contributed by atoms with Gasteiger partial charge in [-0.05, 0) is 30.7 Å². The number of primary amides is 1. The molecule has 10 heteroatoms. The number of nitrogens with two attached hydrogens (primary N) is 1. The van der Waals surface area contributed by atoms with Crippen LogP contribution in [-0.2, 0) is 24.7 Å². The number of fused-ring (bicyclic) bond motifs is 4. The third-order valence-electron chi connectivity index (χ3n) is 6.71. The molecule has 0 aliphatic carbocycles. The summed E-state index contributed by atoms with van der Waals surface area (Å²) < 4.78 is 5.37. The molecule has 1 spiro atoms. The SMILES string of the molecule is COc1ccc(Cl)cc1N1C(=O)[C@@H]2[C@H](CCC(N)=O)N[C@@]3(C(=O)Nc4ccccc43)[C@@H]2C1=O. The third-order valence-corrected chi connectivity index (χ3v) is 6.94. The monoisotopic (exact) mass is 468 g/mol. The molecule has 2 aromatic carbocycles. The smallest absolute Gasteiger partial charge is 0.250 e. The summed E-state index contributed by atoms with van der Waals surface area (Å²) >= 11 is 6.16. The van der Waals surface area contributed by atoms with Crippen molar-refractivity contribution in [3.8, 4) is 5.75 Å². The summed E-state index contributed by atoms with van der Waals surface area (Å²) in [5.41, 5.74) is 5.28. The number of anilines is 2. The number of hydrogen-bond donors (Lipinski definition) is 3. The zero-order valence-corrected chi connectivity index (χ0v) is 18.4. The summed E-state index contributed by atoms with van der Waals surface area (Å²) in [6.07, 6.45) is 0.204. The number of nitrogens with one attached hydrogen (secondary N) is 2. The second-order valence-corrected chi connectivity index (χ2v) is 8.83. The van der Waals surface area contributed by atoms with E-state index < -0.39 is 47.0 Å². The van der Waals surface area contributed by atoms with Crippen molar-refractivity contribution in [3.63, 3.8) is 0 Å². The van der Waals surface area contributed by atoms with Gasteiger partial charge < -0.3 is 15.8 Å². The number of carbonyl (C=O) groups is 4. The normalized spacial score (nSPS) is 27.6. The van der Waals surface area contributed by atoms with Gasteiger partial charge in [0.2, 0.25) is 23.6 Å². The van der Waals surface area contributed by atoms with Gasteiger partial charge in [0, 0.05) is 28.7 Å². The van der Waals surface area contributed by atoms with Crippen LogP contribution >= 0.6 is 11.6 Å². The Hall–Kier alpha value is -3.43. The van der Waals surface area contributed by atoms with Gasteiger partial charge in [0.05, 0.1) is 24.6 Å². The third kappa shape index (κ3) is 2.96. The van der Waals surface area contributed by atoms with Crippen LogP contribution in [0.15, 0.2) is 42.5 Å². The molecule has 2 fully saturated rings. The first-order chi connectivity index (χ1) is 15.8. The van der Waals surface area contributed by atoms with Gasteiger partial charge in [-0.1, -0.05) is 29.8 Å². The fourth-order valence-electron chi connectivity index (χ4n) is 5.38. The van der Waals surface area contributed by atoms with E-state index in [9.17, 15) is 19.2 Å². The van der Waals surface area contributed by atoms with E-state index in [1.54, 1.807) is 36.4 Å². The topological polar surface area (TPSA) is 131 Å². The number of hydrogen-bond acceptors (Lipinski definition) is 6. The van der Waals surface area contributed by atoms with Crippen LogP contribution in [-0.4, -0.2) is 36.8 Å². The van der Waals surface area contributed by atoms with E-state index >= 15 is 0 Å². The van der Waals surface area contributed by atoms with E-state index in [1.807, 2.05) is 0 Å². The first-order valence-electron chi connectivity index (χ1n) is 10.5. The molecular formula is C23H21ClN4O5. The maximum atomic E-state index is 13.9. The van der Waals surface area contributed by atoms with Gasteiger partial charge in [-0.25, -0.2) is 4.90 Å². The molecule has 33 heavy (non-hydrogen) atoms. The van der Waals surface area contributed by atoms with Crippen molar-refractivity contribution in [2.75, 3.05) is 17.3 Å². The average Bonchev–Trinajstić information content (AvgIpc) is 3.37. The van der Waals surface area contributed by atoms with Crippen molar-refractivity contribution in [1.29, 1.82) is 0 Å². The van der Waals surface area contributed by atoms with Gasteiger partial charge in [-0.3, -0.25) is 24.5 Å². The van der Waals surface area contributed by atoms with Crippen molar-refractivity contribution in [2.45, 2.75) is 24.4 Å². The van der Waals surface area contributed by atoms with Crippen LogP contribution in [0.2, 0.25) is 5.02 Å². The van der Waals surface area contributed by atoms with Crippen LogP contribution in [0.3, 0.4) is 0 Å². The summed E-state index contributed by atoms with van der Waals surface area (Å²) in [6, 6.07) is 11.1. The highest BCUT2D eigenvalue weighted by Crippen LogP contribution is 2.54. The Balaban J connectivity index is 1.66. The molecule has 3 aliphatic rings. The van der Waals surface area contributed by atoms with Crippen molar-refractivity contribution in [3.05, 3.63) is 53.1 Å². The van der Waals surface area contributed by atoms with Crippen molar-refractivity contribution in [2.24, 2.45) is 17.6 Å². The Morgan fingerprint density at radius 2 is 1.94 bits per heavy atom. The molecule has 5 rings (SSSR count). The molecular weight excluding hydrogens is 448 g/mol. The summed E-state index contributed by atoms with van der Waals surface area (Å²) in [5.74, 6) is -3.56. The predicted molar refractivity (Wildman–Crippen MR) is 120 cm³/mol. The first-order valence-corrected chi connectivity index (χ1v) is 10.9. The Labute approximate surface area is 194 Å². The molecule has 0 saturated carbocycles. The largest absolute Gasteiger partial charge is 0.495 e. The molecule has 0 aromatic heterocycles. The summed E-state index contributed by atoms with van der Waals surface area (Å²) in [7, 11) is 1.43. The van der Waals surface area contributed by atoms with E-state index in [4.69, 9.17) is 22.1 Å². The molecule has 0 bridgehead atoms. The lowest BCUT2D eigenvalue weighted by molar-refractivity contribution is -0.130. The van der Waals surface area contributed by atoms with Crippen LogP contribution in [0, 0.1) is 11.8 Å². The van der Waals surface area contributed by atoms with E-state index in [0.29, 0.717) is 22.0 Å². The minimum absolute atomic E-state index is 0.00217. The van der Waals surface area contributed by atoms with Gasteiger partial charge in [0.25, 0.3) is 0 Å². The van der Waals surface area contributed by atoms with Crippen molar-refractivity contribution >= 4 is 46.6 Å². The number of imide groups is 1. The first kappa shape index (κ1) is 21.4. The second kappa shape index (κ2) is 7.57. The quantitative estimate of drug-likeness (QED) is 0.570. The van der Waals surface area contributed by atoms with Crippen LogP contribution in [0.1, 0.15) is 18.4 Å². The zero-order chi connectivity index (χ0) is 23.5. The minimum atomic E-state index is -1.45. The van der Waals surface area contributed by atoms with Crippen molar-refractivity contribution in [1.82, 2.24) is 5.32 Å². The van der Waals surface area contributed by atoms with Gasteiger partial charge in [-0.2, -0.15) is 0 Å². The van der Waals surface area contributed by atoms with Crippen molar-refractivity contribution < 1.29 is 23.9 Å². The molecule has 4 N–H and O–H groups in total. The molecule has 3 heterocycles. The minimum Gasteiger partial charge on any atom is -0.495 e. The molecule has 170 valence electrons. The molecule has 4 amide bonds. The lowest BCUT2D eigenvalue weighted by atomic mass is 9.76. The highest BCUT2D eigenvalue weighted by atomic mass is 35.5. The number of carbonyl (C=O) groups excluding carboxylic acids is 4. The predicted octanol–water partition coefficient (Wildman–Crippen LogP) is 1.54. The molecule has 9 nitrogen and oxygen atoms in total. The molecule has 0 unspecified atom stereocenters. The van der Waals surface area contributed by atoms with Gasteiger partial charge in [0.15, 0.2) is 0 Å². The number of methoxy groups -OCH3 is 1. The Morgan fingerprint density at radius 1 is 1.18 bits per heavy atom. The lowest BCUT2D eigenvalue weighted by Crippen LogP contribution is -2.53. The van der Waals surface area contributed by atoms with Crippen LogP contribution < -0.4 is 26.0 Å². The average molecular weight is 469 g/mol. The highest BCUT2D eigenvalue weighted by Gasteiger charge is 2.70. The van der Waals surface area contributed by atoms with Gasteiger partial charge in [0.1, 0.15) is 11.3 Å². The number of rotatable bonds is 5. The van der Waals surface area contributed by atoms with E-state index in [1.165, 1.54) is 13.2 Å². The number of halogens is 1. The fourth-order valence-corrected chi connectivity index (χ4v) is 5.55. The molecule has 2 aromatic rings. The van der Waals surface area contributed by atoms with Gasteiger partial charge in [-0.15, -0.1) is 0 Å². The summed E-state index contributed by atoms with van der Waals surface area (Å²) in [6.45, 7) is 0. The number of para-hydroxylation sites is 1. The molecule has 2 saturated heterocycles. The van der Waals surface area contributed by atoms with E-state index in [-0.39, 0.29) is 18.5 Å². The molecule has 3 aliphatic heterocycles. The Bertz CT molecular complexity index is 1220. The molecule has 0 radical (unpaired) electrons. The maximum absolute atomic E-state index is 13.9. The van der Waals surface area contributed by atoms with Gasteiger partial charge >= 0.3 is 0 Å². The Kier molecular flexibility index (Phi) is 4.91. The van der Waals surface area contributed by atoms with Crippen LogP contribution in [0.25, 0.3) is 0 Å². The number of benzene rings is 2. The number of ether oxygens (including phenoxy) is 1. The molecule has 4 atom stereocenters. The number of nitrogens with zero attached hydrogens (tertiary/aromatic N) is 1.